The van der Waals surface area contributed by atoms with Crippen LogP contribution in [0, 0.1) is 0 Å². The maximum Gasteiger partial charge on any atom is 0.337 e. The predicted octanol–water partition coefficient (Wildman–Crippen LogP) is 1.28. The number of nitrogens with zero attached hydrogens (tertiary/aromatic N) is 2. The lowest BCUT2D eigenvalue weighted by Gasteiger charge is -2.13. The van der Waals surface area contributed by atoms with Crippen LogP contribution in [0.1, 0.15) is 16.8 Å². The molecule has 7 nitrogen and oxygen atoms in total. The molecule has 1 fully saturated rings. The number of hydrogen-bond acceptors (Lipinski definition) is 5. The summed E-state index contributed by atoms with van der Waals surface area (Å²) in [5.74, 6) is -0.627. The summed E-state index contributed by atoms with van der Waals surface area (Å²) in [6, 6.07) is 1.34. The van der Waals surface area contributed by atoms with Gasteiger partial charge in [-0.1, -0.05) is 11.8 Å². The molecule has 2 rings (SSSR count). The van der Waals surface area contributed by atoms with Crippen molar-refractivity contribution in [2.75, 3.05) is 24.2 Å². The molecule has 1 aromatic heterocycles. The van der Waals surface area contributed by atoms with E-state index in [-0.39, 0.29) is 23.1 Å². The van der Waals surface area contributed by atoms with Crippen LogP contribution >= 0.6 is 11.8 Å². The second-order valence-electron chi connectivity index (χ2n) is 4.17. The minimum Gasteiger partial charge on any atom is -0.478 e. The van der Waals surface area contributed by atoms with Crippen molar-refractivity contribution in [3.8, 4) is 0 Å². The molecule has 2 amide bonds. The number of carboxylic acid groups (broad SMARTS) is 1. The van der Waals surface area contributed by atoms with Crippen LogP contribution in [0.15, 0.2) is 18.5 Å². The topological polar surface area (TPSA) is 99.6 Å². The lowest BCUT2D eigenvalue weighted by Crippen LogP contribution is -2.27. The molecular formula is C12H13N3O4S. The largest absolute Gasteiger partial charge is 0.478 e. The average molecular weight is 295 g/mol. The van der Waals surface area contributed by atoms with Gasteiger partial charge < -0.3 is 15.3 Å². The van der Waals surface area contributed by atoms with Crippen molar-refractivity contribution >= 4 is 34.6 Å². The molecule has 8 heteroatoms. The smallest absolute Gasteiger partial charge is 0.337 e. The first kappa shape index (κ1) is 14.3. The maximum atomic E-state index is 11.7. The number of hydrogen-bond donors (Lipinski definition) is 2. The van der Waals surface area contributed by atoms with Gasteiger partial charge in [-0.05, 0) is 6.07 Å². The number of carboxylic acids is 1. The van der Waals surface area contributed by atoms with Crippen molar-refractivity contribution in [3.05, 3.63) is 24.0 Å². The molecule has 0 spiro atoms. The first-order chi connectivity index (χ1) is 9.56. The van der Waals surface area contributed by atoms with E-state index >= 15 is 0 Å². The van der Waals surface area contributed by atoms with Crippen LogP contribution in [0.25, 0.3) is 0 Å². The summed E-state index contributed by atoms with van der Waals surface area (Å²) >= 11 is 1.25. The number of carbonyl (C=O) groups excluding carboxylic acids is 2. The fourth-order valence-corrected chi connectivity index (χ4v) is 2.57. The molecule has 2 N–H and O–H groups in total. The first-order valence-corrected chi connectivity index (χ1v) is 6.95. The molecule has 1 saturated heterocycles. The van der Waals surface area contributed by atoms with Crippen molar-refractivity contribution in [1.29, 1.82) is 0 Å². The van der Waals surface area contributed by atoms with Gasteiger partial charge in [0.05, 0.1) is 17.4 Å². The summed E-state index contributed by atoms with van der Waals surface area (Å²) in [5.41, 5.74) is 0.339. The quantitative estimate of drug-likeness (QED) is 0.848. The summed E-state index contributed by atoms with van der Waals surface area (Å²) in [4.78, 5) is 39.2. The molecule has 0 aromatic carbocycles. The standard InChI is InChI=1S/C12H13N3O4S/c16-10(1-2-15-3-4-20-12(15)19)14-9-5-8(11(17)18)6-13-7-9/h5-7H,1-4H2,(H,14,16)(H,17,18). The molecule has 106 valence electrons. The number of rotatable bonds is 5. The Labute approximate surface area is 119 Å². The molecule has 0 bridgehead atoms. The third-order valence-electron chi connectivity index (χ3n) is 2.72. The van der Waals surface area contributed by atoms with Gasteiger partial charge in [0.1, 0.15) is 0 Å². The van der Waals surface area contributed by atoms with Crippen LogP contribution < -0.4 is 5.32 Å². The van der Waals surface area contributed by atoms with E-state index in [0.29, 0.717) is 18.8 Å². The summed E-state index contributed by atoms with van der Waals surface area (Å²) < 4.78 is 0. The van der Waals surface area contributed by atoms with Gasteiger partial charge in [-0.25, -0.2) is 4.79 Å². The SMILES string of the molecule is O=C(CCN1CCSC1=O)Nc1cncc(C(=O)O)c1. The highest BCUT2D eigenvalue weighted by Crippen LogP contribution is 2.17. The van der Waals surface area contributed by atoms with E-state index in [2.05, 4.69) is 10.3 Å². The van der Waals surface area contributed by atoms with E-state index in [9.17, 15) is 14.4 Å². The van der Waals surface area contributed by atoms with E-state index in [0.717, 1.165) is 5.75 Å². The van der Waals surface area contributed by atoms with Gasteiger partial charge in [-0.15, -0.1) is 0 Å². The lowest BCUT2D eigenvalue weighted by atomic mass is 10.2. The van der Waals surface area contributed by atoms with E-state index in [1.807, 2.05) is 0 Å². The third-order valence-corrected chi connectivity index (χ3v) is 3.61. The van der Waals surface area contributed by atoms with Crippen LogP contribution in [0.2, 0.25) is 0 Å². The molecule has 1 aliphatic rings. The Morgan fingerprint density at radius 2 is 2.25 bits per heavy atom. The minimum atomic E-state index is -1.10. The summed E-state index contributed by atoms with van der Waals surface area (Å²) in [6.07, 6.45) is 2.75. The van der Waals surface area contributed by atoms with Crippen LogP contribution in [0.3, 0.4) is 0 Å². The summed E-state index contributed by atoms with van der Waals surface area (Å²) in [5, 5.41) is 11.4. The number of aromatic carboxylic acids is 1. The van der Waals surface area contributed by atoms with Crippen LogP contribution in [0.4, 0.5) is 10.5 Å². The monoisotopic (exact) mass is 295 g/mol. The van der Waals surface area contributed by atoms with E-state index in [1.54, 1.807) is 4.90 Å². The third kappa shape index (κ3) is 3.70. The number of amides is 2. The Bertz CT molecular complexity index is 549. The van der Waals surface area contributed by atoms with Gasteiger partial charge >= 0.3 is 5.97 Å². The zero-order valence-corrected chi connectivity index (χ0v) is 11.4. The van der Waals surface area contributed by atoms with Gasteiger partial charge in [0, 0.05) is 31.5 Å². The second-order valence-corrected chi connectivity index (χ2v) is 5.21. The highest BCUT2D eigenvalue weighted by Gasteiger charge is 2.21. The number of pyridine rings is 1. The number of nitrogens with one attached hydrogen (secondary N) is 1. The maximum absolute atomic E-state index is 11.7. The van der Waals surface area contributed by atoms with E-state index < -0.39 is 5.97 Å². The molecule has 0 saturated carbocycles. The molecule has 0 atom stereocenters. The predicted molar refractivity (Wildman–Crippen MR) is 73.9 cm³/mol. The lowest BCUT2D eigenvalue weighted by molar-refractivity contribution is -0.116. The number of aromatic nitrogens is 1. The van der Waals surface area contributed by atoms with Crippen molar-refractivity contribution in [3.63, 3.8) is 0 Å². The number of thioether (sulfide) groups is 1. The van der Waals surface area contributed by atoms with Gasteiger partial charge in [0.25, 0.3) is 5.24 Å². The van der Waals surface area contributed by atoms with Gasteiger partial charge in [-0.2, -0.15) is 0 Å². The summed E-state index contributed by atoms with van der Waals surface area (Å²) in [7, 11) is 0. The Balaban J connectivity index is 1.86. The fraction of sp³-hybridized carbons (Fsp3) is 0.333. The molecule has 0 aliphatic carbocycles. The molecule has 2 heterocycles. The molecule has 1 aliphatic heterocycles. The van der Waals surface area contributed by atoms with Crippen LogP contribution in [-0.2, 0) is 4.79 Å². The van der Waals surface area contributed by atoms with Crippen molar-refractivity contribution in [2.24, 2.45) is 0 Å². The average Bonchev–Trinajstić information content (AvgIpc) is 2.82. The molecule has 20 heavy (non-hydrogen) atoms. The zero-order valence-electron chi connectivity index (χ0n) is 10.5. The van der Waals surface area contributed by atoms with E-state index in [1.165, 1.54) is 30.2 Å². The Hall–Kier alpha value is -2.09. The van der Waals surface area contributed by atoms with Gasteiger partial charge in [0.15, 0.2) is 0 Å². The number of carbonyl (C=O) groups is 3. The zero-order chi connectivity index (χ0) is 14.5. The molecule has 1 aromatic rings. The summed E-state index contributed by atoms with van der Waals surface area (Å²) in [6.45, 7) is 1.02. The highest BCUT2D eigenvalue weighted by molar-refractivity contribution is 8.13. The van der Waals surface area contributed by atoms with Crippen LogP contribution in [0.5, 0.6) is 0 Å². The van der Waals surface area contributed by atoms with Gasteiger partial charge in [-0.3, -0.25) is 14.6 Å². The Kier molecular flexibility index (Phi) is 4.57. The highest BCUT2D eigenvalue weighted by atomic mass is 32.2. The second kappa shape index (κ2) is 6.38. The molecular weight excluding hydrogens is 282 g/mol. The minimum absolute atomic E-state index is 0.00709. The van der Waals surface area contributed by atoms with E-state index in [4.69, 9.17) is 5.11 Å². The fourth-order valence-electron chi connectivity index (χ4n) is 1.71. The molecule has 0 unspecified atom stereocenters. The van der Waals surface area contributed by atoms with Crippen molar-refractivity contribution in [1.82, 2.24) is 9.88 Å². The molecule has 0 radical (unpaired) electrons. The normalized spacial score (nSPS) is 14.4. The van der Waals surface area contributed by atoms with Gasteiger partial charge in [0.2, 0.25) is 5.91 Å². The Morgan fingerprint density at radius 3 is 2.90 bits per heavy atom. The van der Waals surface area contributed by atoms with Crippen molar-refractivity contribution < 1.29 is 19.5 Å². The van der Waals surface area contributed by atoms with Crippen molar-refractivity contribution in [2.45, 2.75) is 6.42 Å². The Morgan fingerprint density at radius 1 is 1.45 bits per heavy atom. The van der Waals surface area contributed by atoms with Crippen LogP contribution in [-0.4, -0.2) is 50.9 Å². The number of anilines is 1. The first-order valence-electron chi connectivity index (χ1n) is 5.96.